The molecule has 1 N–H and O–H groups in total. The zero-order chi connectivity index (χ0) is 16.7. The smallest absolute Gasteiger partial charge is 0.421 e. The van der Waals surface area contributed by atoms with Crippen molar-refractivity contribution in [3.05, 3.63) is 40.8 Å². The van der Waals surface area contributed by atoms with Gasteiger partial charge in [0.2, 0.25) is 5.88 Å². The Kier molecular flexibility index (Phi) is 3.87. The van der Waals surface area contributed by atoms with Crippen molar-refractivity contribution in [2.45, 2.75) is 20.0 Å². The number of aryl methyl sites for hydroxylation is 2. The summed E-state index contributed by atoms with van der Waals surface area (Å²) in [5.41, 5.74) is -0.582. The van der Waals surface area contributed by atoms with Gasteiger partial charge in [0.25, 0.3) is 0 Å². The lowest BCUT2D eigenvalue weighted by Crippen LogP contribution is -2.16. The number of halogens is 3. The fourth-order valence-electron chi connectivity index (χ4n) is 2.17. The summed E-state index contributed by atoms with van der Waals surface area (Å²) < 4.78 is 44.8. The summed E-state index contributed by atoms with van der Waals surface area (Å²) in [5, 5.41) is 9.48. The van der Waals surface area contributed by atoms with Crippen molar-refractivity contribution in [1.82, 2.24) is 9.55 Å². The molecule has 0 bridgehead atoms. The highest BCUT2D eigenvalue weighted by atomic mass is 19.4. The number of rotatable bonds is 2. The zero-order valence-electron chi connectivity index (χ0n) is 12.0. The van der Waals surface area contributed by atoms with Gasteiger partial charge in [0.1, 0.15) is 5.56 Å². The summed E-state index contributed by atoms with van der Waals surface area (Å²) >= 11 is 0. The number of ether oxygens (including phenoxy) is 1. The summed E-state index contributed by atoms with van der Waals surface area (Å²) in [6, 6.07) is 4.07. The van der Waals surface area contributed by atoms with Crippen LogP contribution in [-0.4, -0.2) is 27.7 Å². The quantitative estimate of drug-likeness (QED) is 0.866. The maximum atomic E-state index is 13.0. The van der Waals surface area contributed by atoms with Crippen molar-refractivity contribution in [2.24, 2.45) is 0 Å². The van der Waals surface area contributed by atoms with E-state index in [2.05, 4.69) is 9.72 Å². The molecule has 0 spiro atoms. The Hall–Kier alpha value is -2.51. The van der Waals surface area contributed by atoms with Gasteiger partial charge in [-0.25, -0.2) is 9.78 Å². The van der Waals surface area contributed by atoms with Gasteiger partial charge in [-0.05, 0) is 32.0 Å². The zero-order valence-corrected chi connectivity index (χ0v) is 12.0. The number of aromatic hydroxyl groups is 1. The van der Waals surface area contributed by atoms with E-state index >= 15 is 0 Å². The number of aromatic nitrogens is 2. The van der Waals surface area contributed by atoms with Gasteiger partial charge in [0.15, 0.2) is 5.69 Å². The van der Waals surface area contributed by atoms with Crippen LogP contribution in [0.5, 0.6) is 5.88 Å². The Balaban J connectivity index is 2.82. The van der Waals surface area contributed by atoms with Crippen molar-refractivity contribution < 1.29 is 27.8 Å². The highest BCUT2D eigenvalue weighted by Crippen LogP contribution is 2.37. The molecule has 0 aliphatic carbocycles. The average molecular weight is 314 g/mol. The number of pyridine rings is 1. The van der Waals surface area contributed by atoms with Crippen LogP contribution in [0.1, 0.15) is 27.4 Å². The van der Waals surface area contributed by atoms with Crippen LogP contribution in [-0.2, 0) is 10.9 Å². The highest BCUT2D eigenvalue weighted by Gasteiger charge is 2.37. The Morgan fingerprint density at radius 2 is 1.82 bits per heavy atom. The molecular weight excluding hydrogens is 301 g/mol. The second kappa shape index (κ2) is 5.36. The second-order valence-corrected chi connectivity index (χ2v) is 4.67. The number of alkyl halides is 3. The van der Waals surface area contributed by atoms with E-state index in [1.807, 2.05) is 0 Å². The molecule has 2 aromatic rings. The Labute approximate surface area is 124 Å². The molecular formula is C14H13F3N2O3. The number of esters is 1. The summed E-state index contributed by atoms with van der Waals surface area (Å²) in [4.78, 5) is 15.2. The normalized spacial score (nSPS) is 11.5. The van der Waals surface area contributed by atoms with Crippen molar-refractivity contribution in [3.8, 4) is 11.6 Å². The van der Waals surface area contributed by atoms with Gasteiger partial charge in [-0.2, -0.15) is 13.2 Å². The Bertz CT molecular complexity index is 716. The van der Waals surface area contributed by atoms with Crippen LogP contribution < -0.4 is 0 Å². The van der Waals surface area contributed by atoms with E-state index in [1.54, 1.807) is 26.0 Å². The van der Waals surface area contributed by atoms with E-state index in [9.17, 15) is 23.1 Å². The second-order valence-electron chi connectivity index (χ2n) is 4.67. The number of carbonyl (C=O) groups is 1. The molecule has 0 aliphatic rings. The standard InChI is InChI=1S/C14H13F3N2O3/c1-7-4-5-8(2)19(7)10-6-9(14(15,16)17)12(20)18-11(10)13(21)22-3/h4-6H,1-3H3,(H,18,20). The van der Waals surface area contributed by atoms with Crippen LogP contribution in [0, 0.1) is 13.8 Å². The molecule has 5 nitrogen and oxygen atoms in total. The van der Waals surface area contributed by atoms with Crippen molar-refractivity contribution in [3.63, 3.8) is 0 Å². The van der Waals surface area contributed by atoms with Crippen LogP contribution >= 0.6 is 0 Å². The average Bonchev–Trinajstić information content (AvgIpc) is 2.76. The lowest BCUT2D eigenvalue weighted by atomic mass is 10.2. The number of methoxy groups -OCH3 is 1. The van der Waals surface area contributed by atoms with E-state index in [0.717, 1.165) is 7.11 Å². The van der Waals surface area contributed by atoms with Crippen molar-refractivity contribution >= 4 is 5.97 Å². The molecule has 118 valence electrons. The monoisotopic (exact) mass is 314 g/mol. The van der Waals surface area contributed by atoms with Crippen LogP contribution in [0.4, 0.5) is 13.2 Å². The maximum Gasteiger partial charge on any atom is 0.421 e. The molecule has 2 aromatic heterocycles. The molecule has 2 rings (SSSR count). The number of hydrogen-bond donors (Lipinski definition) is 1. The molecule has 0 amide bonds. The fourth-order valence-corrected chi connectivity index (χ4v) is 2.17. The molecule has 22 heavy (non-hydrogen) atoms. The molecule has 0 saturated carbocycles. The van der Waals surface area contributed by atoms with Crippen LogP contribution in [0.3, 0.4) is 0 Å². The first-order chi connectivity index (χ1) is 10.2. The molecule has 0 unspecified atom stereocenters. The Morgan fingerprint density at radius 1 is 1.27 bits per heavy atom. The van der Waals surface area contributed by atoms with Crippen molar-refractivity contribution in [2.75, 3.05) is 7.11 Å². The van der Waals surface area contributed by atoms with Gasteiger partial charge in [-0.15, -0.1) is 0 Å². The summed E-state index contributed by atoms with van der Waals surface area (Å²) in [5.74, 6) is -2.20. The third-order valence-corrected chi connectivity index (χ3v) is 3.18. The molecule has 0 aromatic carbocycles. The van der Waals surface area contributed by atoms with E-state index in [4.69, 9.17) is 0 Å². The topological polar surface area (TPSA) is 64.3 Å². The van der Waals surface area contributed by atoms with Crippen molar-refractivity contribution in [1.29, 1.82) is 0 Å². The molecule has 0 saturated heterocycles. The van der Waals surface area contributed by atoms with E-state index in [1.165, 1.54) is 4.57 Å². The fraction of sp³-hybridized carbons (Fsp3) is 0.286. The van der Waals surface area contributed by atoms with Crippen LogP contribution in [0.2, 0.25) is 0 Å². The third kappa shape index (κ3) is 2.63. The van der Waals surface area contributed by atoms with Gasteiger partial charge in [-0.1, -0.05) is 0 Å². The number of nitrogens with zero attached hydrogens (tertiary/aromatic N) is 2. The first-order valence-corrected chi connectivity index (χ1v) is 6.21. The minimum atomic E-state index is -4.80. The molecule has 8 heteroatoms. The predicted molar refractivity (Wildman–Crippen MR) is 71.0 cm³/mol. The predicted octanol–water partition coefficient (Wildman–Crippen LogP) is 3.00. The number of hydrogen-bond acceptors (Lipinski definition) is 4. The van der Waals surface area contributed by atoms with E-state index in [0.29, 0.717) is 17.5 Å². The van der Waals surface area contributed by atoms with Gasteiger partial charge in [0.05, 0.1) is 12.8 Å². The lowest BCUT2D eigenvalue weighted by Gasteiger charge is -2.16. The third-order valence-electron chi connectivity index (χ3n) is 3.18. The highest BCUT2D eigenvalue weighted by molar-refractivity contribution is 5.91. The molecule has 0 radical (unpaired) electrons. The first-order valence-electron chi connectivity index (χ1n) is 6.21. The largest absolute Gasteiger partial charge is 0.493 e. The first kappa shape index (κ1) is 15.9. The summed E-state index contributed by atoms with van der Waals surface area (Å²) in [6.07, 6.45) is -4.80. The van der Waals surface area contributed by atoms with Gasteiger partial charge >= 0.3 is 12.1 Å². The molecule has 0 fully saturated rings. The molecule has 0 aliphatic heterocycles. The molecule has 2 heterocycles. The minimum Gasteiger partial charge on any atom is -0.493 e. The van der Waals surface area contributed by atoms with E-state index < -0.39 is 29.3 Å². The minimum absolute atomic E-state index is 0.100. The van der Waals surface area contributed by atoms with Gasteiger partial charge < -0.3 is 14.4 Å². The number of carbonyl (C=O) groups excluding carboxylic acids is 1. The van der Waals surface area contributed by atoms with E-state index in [-0.39, 0.29) is 5.69 Å². The van der Waals surface area contributed by atoms with Crippen LogP contribution in [0.25, 0.3) is 5.69 Å². The van der Waals surface area contributed by atoms with Gasteiger partial charge in [0, 0.05) is 11.4 Å². The van der Waals surface area contributed by atoms with Crippen LogP contribution in [0.15, 0.2) is 18.2 Å². The molecule has 0 atom stereocenters. The SMILES string of the molecule is COC(=O)c1nc(O)c(C(F)(F)F)cc1-n1c(C)ccc1C. The van der Waals surface area contributed by atoms with Gasteiger partial charge in [-0.3, -0.25) is 0 Å². The maximum absolute atomic E-state index is 13.0. The Morgan fingerprint density at radius 3 is 2.27 bits per heavy atom. The summed E-state index contributed by atoms with van der Waals surface area (Å²) in [6.45, 7) is 3.35. The lowest BCUT2D eigenvalue weighted by molar-refractivity contribution is -0.139. The summed E-state index contributed by atoms with van der Waals surface area (Å²) in [7, 11) is 1.08.